The quantitative estimate of drug-likeness (QED) is 0.683. The van der Waals surface area contributed by atoms with E-state index in [1.165, 1.54) is 6.33 Å². The first-order valence-corrected chi connectivity index (χ1v) is 5.23. The van der Waals surface area contributed by atoms with Crippen molar-refractivity contribution in [1.29, 1.82) is 0 Å². The second kappa shape index (κ2) is 3.55. The van der Waals surface area contributed by atoms with Crippen LogP contribution in [0.5, 0.6) is 0 Å². The lowest BCUT2D eigenvalue weighted by Gasteiger charge is -2.00. The standard InChI is InChI=1S/C12H11N5/c1-17-11-3-2-8(4-10(11)16-12(17)13)9-5-14-7-15-6-9/h2-7H,1H3,(H2,13,16). The molecule has 0 aliphatic carbocycles. The molecule has 3 rings (SSSR count). The lowest BCUT2D eigenvalue weighted by molar-refractivity contribution is 0.965. The minimum atomic E-state index is 0.515. The van der Waals surface area contributed by atoms with E-state index in [1.807, 2.05) is 29.8 Å². The highest BCUT2D eigenvalue weighted by Crippen LogP contribution is 2.23. The molecule has 5 heteroatoms. The number of benzene rings is 1. The van der Waals surface area contributed by atoms with E-state index in [4.69, 9.17) is 5.73 Å². The van der Waals surface area contributed by atoms with Crippen LogP contribution in [0.25, 0.3) is 22.2 Å². The van der Waals surface area contributed by atoms with Gasteiger partial charge in [-0.05, 0) is 17.7 Å². The van der Waals surface area contributed by atoms with E-state index in [1.54, 1.807) is 12.4 Å². The van der Waals surface area contributed by atoms with Gasteiger partial charge in [0.05, 0.1) is 11.0 Å². The molecule has 0 fully saturated rings. The van der Waals surface area contributed by atoms with E-state index in [-0.39, 0.29) is 0 Å². The van der Waals surface area contributed by atoms with Gasteiger partial charge in [-0.2, -0.15) is 0 Å². The molecule has 0 bridgehead atoms. The minimum absolute atomic E-state index is 0.515. The van der Waals surface area contributed by atoms with Crippen molar-refractivity contribution in [3.63, 3.8) is 0 Å². The maximum atomic E-state index is 5.77. The van der Waals surface area contributed by atoms with E-state index < -0.39 is 0 Å². The van der Waals surface area contributed by atoms with Gasteiger partial charge in [0.25, 0.3) is 0 Å². The van der Waals surface area contributed by atoms with Gasteiger partial charge in [0, 0.05) is 25.0 Å². The number of hydrogen-bond acceptors (Lipinski definition) is 4. The number of rotatable bonds is 1. The van der Waals surface area contributed by atoms with E-state index in [0.717, 1.165) is 22.2 Å². The molecule has 1 aromatic carbocycles. The second-order valence-electron chi connectivity index (χ2n) is 3.86. The van der Waals surface area contributed by atoms with Crippen LogP contribution in [0.2, 0.25) is 0 Å². The predicted octanol–water partition coefficient (Wildman–Crippen LogP) is 1.61. The van der Waals surface area contributed by atoms with Crippen LogP contribution >= 0.6 is 0 Å². The molecule has 0 aliphatic rings. The normalized spacial score (nSPS) is 10.9. The van der Waals surface area contributed by atoms with E-state index >= 15 is 0 Å². The van der Waals surface area contributed by atoms with Crippen LogP contribution in [0, 0.1) is 0 Å². The monoisotopic (exact) mass is 225 g/mol. The molecule has 0 radical (unpaired) electrons. The Morgan fingerprint density at radius 1 is 1.12 bits per heavy atom. The van der Waals surface area contributed by atoms with Crippen LogP contribution in [-0.2, 0) is 7.05 Å². The number of hydrogen-bond donors (Lipinski definition) is 1. The lowest BCUT2D eigenvalue weighted by atomic mass is 10.1. The first kappa shape index (κ1) is 9.77. The molecule has 0 saturated heterocycles. The zero-order valence-electron chi connectivity index (χ0n) is 9.33. The van der Waals surface area contributed by atoms with Gasteiger partial charge in [-0.1, -0.05) is 6.07 Å². The summed E-state index contributed by atoms with van der Waals surface area (Å²) in [4.78, 5) is 12.3. The Labute approximate surface area is 98.0 Å². The number of aromatic nitrogens is 4. The number of fused-ring (bicyclic) bond motifs is 1. The molecule has 0 atom stereocenters. The van der Waals surface area contributed by atoms with Crippen LogP contribution < -0.4 is 5.73 Å². The van der Waals surface area contributed by atoms with Crippen molar-refractivity contribution in [2.45, 2.75) is 0 Å². The van der Waals surface area contributed by atoms with Gasteiger partial charge in [0.2, 0.25) is 5.95 Å². The molecule has 0 unspecified atom stereocenters. The second-order valence-corrected chi connectivity index (χ2v) is 3.86. The van der Waals surface area contributed by atoms with Crippen molar-refractivity contribution in [3.05, 3.63) is 36.9 Å². The van der Waals surface area contributed by atoms with Crippen molar-refractivity contribution in [1.82, 2.24) is 19.5 Å². The van der Waals surface area contributed by atoms with Gasteiger partial charge in [0.15, 0.2) is 0 Å². The minimum Gasteiger partial charge on any atom is -0.369 e. The van der Waals surface area contributed by atoms with E-state index in [9.17, 15) is 0 Å². The first-order chi connectivity index (χ1) is 8.25. The molecule has 2 heterocycles. The Morgan fingerprint density at radius 2 is 1.88 bits per heavy atom. The Hall–Kier alpha value is -2.43. The summed E-state index contributed by atoms with van der Waals surface area (Å²) in [7, 11) is 1.90. The Balaban J connectivity index is 2.21. The van der Waals surface area contributed by atoms with Crippen molar-refractivity contribution in [2.75, 3.05) is 5.73 Å². The topological polar surface area (TPSA) is 69.6 Å². The zero-order valence-corrected chi connectivity index (χ0v) is 9.33. The fourth-order valence-electron chi connectivity index (χ4n) is 1.85. The van der Waals surface area contributed by atoms with Crippen LogP contribution in [0.15, 0.2) is 36.9 Å². The summed E-state index contributed by atoms with van der Waals surface area (Å²) >= 11 is 0. The summed E-state index contributed by atoms with van der Waals surface area (Å²) in [5, 5.41) is 0. The summed E-state index contributed by atoms with van der Waals surface area (Å²) in [6.07, 6.45) is 5.07. The third kappa shape index (κ3) is 1.52. The third-order valence-electron chi connectivity index (χ3n) is 2.81. The molecule has 17 heavy (non-hydrogen) atoms. The summed E-state index contributed by atoms with van der Waals surface area (Å²) in [5.74, 6) is 0.515. The van der Waals surface area contributed by atoms with Gasteiger partial charge in [0.1, 0.15) is 6.33 Å². The summed E-state index contributed by atoms with van der Waals surface area (Å²) < 4.78 is 1.86. The van der Waals surface area contributed by atoms with Crippen molar-refractivity contribution < 1.29 is 0 Å². The van der Waals surface area contributed by atoms with Crippen LogP contribution in [-0.4, -0.2) is 19.5 Å². The third-order valence-corrected chi connectivity index (χ3v) is 2.81. The Bertz CT molecular complexity index is 672. The van der Waals surface area contributed by atoms with Gasteiger partial charge in [-0.15, -0.1) is 0 Å². The molecule has 3 aromatic rings. The maximum absolute atomic E-state index is 5.77. The largest absolute Gasteiger partial charge is 0.369 e. The Morgan fingerprint density at radius 3 is 2.65 bits per heavy atom. The molecule has 2 N–H and O–H groups in total. The molecular weight excluding hydrogens is 214 g/mol. The number of anilines is 1. The van der Waals surface area contributed by atoms with Crippen LogP contribution in [0.4, 0.5) is 5.95 Å². The average Bonchev–Trinajstić information content (AvgIpc) is 2.66. The number of nitrogen functional groups attached to an aromatic ring is 1. The number of nitrogens with zero attached hydrogens (tertiary/aromatic N) is 4. The van der Waals surface area contributed by atoms with Gasteiger partial charge < -0.3 is 10.3 Å². The summed E-state index contributed by atoms with van der Waals surface area (Å²) in [6, 6.07) is 6.01. The smallest absolute Gasteiger partial charge is 0.200 e. The predicted molar refractivity (Wildman–Crippen MR) is 66.2 cm³/mol. The van der Waals surface area contributed by atoms with Gasteiger partial charge in [-0.3, -0.25) is 0 Å². The maximum Gasteiger partial charge on any atom is 0.200 e. The van der Waals surface area contributed by atoms with Crippen LogP contribution in [0.3, 0.4) is 0 Å². The molecule has 0 saturated carbocycles. The highest BCUT2D eigenvalue weighted by Gasteiger charge is 2.06. The van der Waals surface area contributed by atoms with Crippen molar-refractivity contribution in [2.24, 2.45) is 7.05 Å². The van der Waals surface area contributed by atoms with Gasteiger partial charge >= 0.3 is 0 Å². The number of aryl methyl sites for hydroxylation is 1. The fourth-order valence-corrected chi connectivity index (χ4v) is 1.85. The van der Waals surface area contributed by atoms with Gasteiger partial charge in [-0.25, -0.2) is 15.0 Å². The highest BCUT2D eigenvalue weighted by molar-refractivity contribution is 5.83. The Kier molecular flexibility index (Phi) is 2.04. The molecule has 0 amide bonds. The highest BCUT2D eigenvalue weighted by atomic mass is 15.1. The number of nitrogens with two attached hydrogens (primary N) is 1. The van der Waals surface area contributed by atoms with E-state index in [2.05, 4.69) is 15.0 Å². The summed E-state index contributed by atoms with van der Waals surface area (Å²) in [6.45, 7) is 0. The number of imidazole rings is 1. The summed E-state index contributed by atoms with van der Waals surface area (Å²) in [5.41, 5.74) is 9.68. The molecular formula is C12H11N5. The molecule has 5 nitrogen and oxygen atoms in total. The van der Waals surface area contributed by atoms with Crippen molar-refractivity contribution in [3.8, 4) is 11.1 Å². The zero-order chi connectivity index (χ0) is 11.8. The molecule has 0 aliphatic heterocycles. The lowest BCUT2D eigenvalue weighted by Crippen LogP contribution is -1.95. The molecule has 2 aromatic heterocycles. The van der Waals surface area contributed by atoms with Crippen molar-refractivity contribution >= 4 is 17.0 Å². The molecule has 84 valence electrons. The SMILES string of the molecule is Cn1c(N)nc2cc(-c3cncnc3)ccc21. The first-order valence-electron chi connectivity index (χ1n) is 5.23. The fraction of sp³-hybridized carbons (Fsp3) is 0.0833. The average molecular weight is 225 g/mol. The van der Waals surface area contributed by atoms with E-state index in [0.29, 0.717) is 5.95 Å². The van der Waals surface area contributed by atoms with Crippen LogP contribution in [0.1, 0.15) is 0 Å². The molecule has 0 spiro atoms.